The van der Waals surface area contributed by atoms with Crippen molar-refractivity contribution < 1.29 is 14.3 Å². The van der Waals surface area contributed by atoms with Crippen molar-refractivity contribution in [2.45, 2.75) is 0 Å². The van der Waals surface area contributed by atoms with Crippen molar-refractivity contribution in [1.82, 2.24) is 5.32 Å². The Morgan fingerprint density at radius 2 is 2.17 bits per heavy atom. The van der Waals surface area contributed by atoms with E-state index in [9.17, 15) is 9.59 Å². The van der Waals surface area contributed by atoms with E-state index < -0.39 is 11.9 Å². The van der Waals surface area contributed by atoms with Crippen LogP contribution >= 0.6 is 0 Å². The molecule has 3 N–H and O–H groups in total. The topological polar surface area (TPSA) is 81.4 Å². The average molecular weight is 172 g/mol. The quantitative estimate of drug-likeness (QED) is 0.179. The van der Waals surface area contributed by atoms with Crippen LogP contribution < -0.4 is 11.1 Å². The van der Waals surface area contributed by atoms with E-state index >= 15 is 0 Å². The Labute approximate surface area is 70.6 Å². The molecule has 0 aliphatic carbocycles. The SMILES string of the molecule is C=C(C(N)=O)C(=O)OCCNC. The van der Waals surface area contributed by atoms with E-state index in [0.717, 1.165) is 0 Å². The van der Waals surface area contributed by atoms with Crippen molar-refractivity contribution in [3.8, 4) is 0 Å². The zero-order valence-electron chi connectivity index (χ0n) is 6.92. The van der Waals surface area contributed by atoms with Crippen LogP contribution in [0.1, 0.15) is 0 Å². The molecule has 5 nitrogen and oxygen atoms in total. The van der Waals surface area contributed by atoms with E-state index in [-0.39, 0.29) is 12.2 Å². The van der Waals surface area contributed by atoms with Crippen LogP contribution in [0.25, 0.3) is 0 Å². The first kappa shape index (κ1) is 10.6. The molecule has 0 aromatic carbocycles. The first-order valence-corrected chi connectivity index (χ1v) is 3.40. The van der Waals surface area contributed by atoms with Gasteiger partial charge in [0.25, 0.3) is 5.91 Å². The van der Waals surface area contributed by atoms with Crippen LogP contribution in [0.15, 0.2) is 12.2 Å². The molecular formula is C7H12N2O3. The lowest BCUT2D eigenvalue weighted by Gasteiger charge is -2.03. The molecule has 0 unspecified atom stereocenters. The number of hydrogen-bond acceptors (Lipinski definition) is 4. The molecule has 0 saturated carbocycles. The van der Waals surface area contributed by atoms with Gasteiger partial charge in [0.1, 0.15) is 12.2 Å². The highest BCUT2D eigenvalue weighted by atomic mass is 16.5. The number of carbonyl (C=O) groups excluding carboxylic acids is 2. The number of nitrogens with one attached hydrogen (secondary N) is 1. The minimum absolute atomic E-state index is 0.196. The fourth-order valence-corrected chi connectivity index (χ4v) is 0.433. The Morgan fingerprint density at radius 3 is 2.58 bits per heavy atom. The number of ether oxygens (including phenoxy) is 1. The largest absolute Gasteiger partial charge is 0.461 e. The molecule has 0 aromatic heterocycles. The maximum absolute atomic E-state index is 10.8. The molecule has 0 spiro atoms. The van der Waals surface area contributed by atoms with E-state index in [1.165, 1.54) is 0 Å². The van der Waals surface area contributed by atoms with Gasteiger partial charge in [-0.3, -0.25) is 4.79 Å². The van der Waals surface area contributed by atoms with Gasteiger partial charge < -0.3 is 15.8 Å². The number of hydrogen-bond donors (Lipinski definition) is 2. The number of esters is 1. The van der Waals surface area contributed by atoms with E-state index in [4.69, 9.17) is 5.73 Å². The molecule has 0 saturated heterocycles. The number of likely N-dealkylation sites (N-methyl/N-ethyl adjacent to an activating group) is 1. The van der Waals surface area contributed by atoms with Gasteiger partial charge in [0.05, 0.1) is 0 Å². The standard InChI is InChI=1S/C7H12N2O3/c1-5(6(8)10)7(11)12-4-3-9-2/h9H,1,3-4H2,2H3,(H2,8,10). The third-order valence-corrected chi connectivity index (χ3v) is 1.13. The summed E-state index contributed by atoms with van der Waals surface area (Å²) in [7, 11) is 1.72. The van der Waals surface area contributed by atoms with Crippen molar-refractivity contribution in [1.29, 1.82) is 0 Å². The molecular weight excluding hydrogens is 160 g/mol. The summed E-state index contributed by atoms with van der Waals surface area (Å²) in [6.07, 6.45) is 0. The number of rotatable bonds is 5. The van der Waals surface area contributed by atoms with Gasteiger partial charge in [-0.05, 0) is 7.05 Å². The van der Waals surface area contributed by atoms with Crippen LogP contribution in [-0.2, 0) is 14.3 Å². The fraction of sp³-hybridized carbons (Fsp3) is 0.429. The Hall–Kier alpha value is -1.36. The lowest BCUT2D eigenvalue weighted by molar-refractivity contribution is -0.140. The van der Waals surface area contributed by atoms with Crippen LogP contribution in [0.3, 0.4) is 0 Å². The van der Waals surface area contributed by atoms with Gasteiger partial charge in [-0.1, -0.05) is 6.58 Å². The van der Waals surface area contributed by atoms with Gasteiger partial charge in [-0.15, -0.1) is 0 Å². The van der Waals surface area contributed by atoms with Crippen LogP contribution in [0.4, 0.5) is 0 Å². The van der Waals surface area contributed by atoms with Crippen LogP contribution in [-0.4, -0.2) is 32.1 Å². The van der Waals surface area contributed by atoms with Crippen LogP contribution in [0.2, 0.25) is 0 Å². The van der Waals surface area contributed by atoms with E-state index in [1.807, 2.05) is 0 Å². The molecule has 0 aliphatic heterocycles. The van der Waals surface area contributed by atoms with Crippen LogP contribution in [0, 0.1) is 0 Å². The zero-order chi connectivity index (χ0) is 9.56. The van der Waals surface area contributed by atoms with Crippen LogP contribution in [0.5, 0.6) is 0 Å². The average Bonchev–Trinajstić information content (AvgIpc) is 2.03. The molecule has 0 radical (unpaired) electrons. The summed E-state index contributed by atoms with van der Waals surface area (Å²) in [5, 5.41) is 2.77. The predicted molar refractivity (Wildman–Crippen MR) is 43.2 cm³/mol. The summed E-state index contributed by atoms with van der Waals surface area (Å²) in [5.74, 6) is -1.62. The molecule has 0 aromatic rings. The van der Waals surface area contributed by atoms with Crippen molar-refractivity contribution in [2.24, 2.45) is 5.73 Å². The Balaban J connectivity index is 3.73. The highest BCUT2D eigenvalue weighted by Crippen LogP contribution is 1.91. The first-order valence-electron chi connectivity index (χ1n) is 3.40. The minimum atomic E-state index is -0.857. The van der Waals surface area contributed by atoms with Crippen molar-refractivity contribution in [3.05, 3.63) is 12.2 Å². The second kappa shape index (κ2) is 5.31. The van der Waals surface area contributed by atoms with Crippen molar-refractivity contribution in [3.63, 3.8) is 0 Å². The van der Waals surface area contributed by atoms with Gasteiger partial charge in [0.15, 0.2) is 0 Å². The summed E-state index contributed by atoms with van der Waals surface area (Å²) in [6, 6.07) is 0. The molecule has 0 rings (SSSR count). The van der Waals surface area contributed by atoms with Crippen molar-refractivity contribution in [2.75, 3.05) is 20.2 Å². The van der Waals surface area contributed by atoms with E-state index in [0.29, 0.717) is 6.54 Å². The number of nitrogens with two attached hydrogens (primary N) is 1. The third-order valence-electron chi connectivity index (χ3n) is 1.13. The molecule has 0 fully saturated rings. The highest BCUT2D eigenvalue weighted by molar-refractivity contribution is 6.15. The lowest BCUT2D eigenvalue weighted by Crippen LogP contribution is -2.24. The molecule has 5 heteroatoms. The van der Waals surface area contributed by atoms with E-state index in [1.54, 1.807) is 7.05 Å². The molecule has 68 valence electrons. The van der Waals surface area contributed by atoms with Gasteiger partial charge in [-0.2, -0.15) is 0 Å². The smallest absolute Gasteiger partial charge is 0.343 e. The number of amides is 1. The summed E-state index contributed by atoms with van der Waals surface area (Å²) in [5.41, 5.74) is 4.46. The molecule has 0 bridgehead atoms. The Morgan fingerprint density at radius 1 is 1.58 bits per heavy atom. The molecule has 1 amide bonds. The van der Waals surface area contributed by atoms with Gasteiger partial charge in [0.2, 0.25) is 0 Å². The maximum atomic E-state index is 10.8. The molecule has 0 aliphatic rings. The van der Waals surface area contributed by atoms with Gasteiger partial charge in [0, 0.05) is 6.54 Å². The molecule has 0 atom stereocenters. The highest BCUT2D eigenvalue weighted by Gasteiger charge is 2.12. The minimum Gasteiger partial charge on any atom is -0.461 e. The van der Waals surface area contributed by atoms with Crippen molar-refractivity contribution >= 4 is 11.9 Å². The molecule has 12 heavy (non-hydrogen) atoms. The summed E-state index contributed by atoms with van der Waals surface area (Å²) < 4.78 is 4.60. The summed E-state index contributed by atoms with van der Waals surface area (Å²) in [6.45, 7) is 3.89. The Bertz CT molecular complexity index is 201. The monoisotopic (exact) mass is 172 g/mol. The Kier molecular flexibility index (Phi) is 4.71. The zero-order valence-corrected chi connectivity index (χ0v) is 6.92. The summed E-state index contributed by atoms with van der Waals surface area (Å²) >= 11 is 0. The second-order valence-electron chi connectivity index (χ2n) is 2.08. The number of carbonyl (C=O) groups is 2. The normalized spacial score (nSPS) is 9.08. The fourth-order valence-electron chi connectivity index (χ4n) is 0.433. The van der Waals surface area contributed by atoms with E-state index in [2.05, 4.69) is 16.6 Å². The third kappa shape index (κ3) is 3.72. The molecule has 0 heterocycles. The first-order chi connectivity index (χ1) is 5.59. The van der Waals surface area contributed by atoms with Gasteiger partial charge in [-0.25, -0.2) is 4.79 Å². The summed E-state index contributed by atoms with van der Waals surface area (Å²) in [4.78, 5) is 21.2. The number of primary amides is 1. The van der Waals surface area contributed by atoms with Gasteiger partial charge >= 0.3 is 5.97 Å². The second-order valence-corrected chi connectivity index (χ2v) is 2.08. The predicted octanol–water partition coefficient (Wildman–Crippen LogP) is -1.21. The maximum Gasteiger partial charge on any atom is 0.343 e. The lowest BCUT2D eigenvalue weighted by atomic mass is 10.3.